The van der Waals surface area contributed by atoms with Crippen LogP contribution in [-0.2, 0) is 0 Å². The molecule has 2 nitrogen and oxygen atoms in total. The topological polar surface area (TPSA) is 18.5 Å². The van der Waals surface area contributed by atoms with Gasteiger partial charge in [-0.05, 0) is 58.7 Å². The van der Waals surface area contributed by atoms with E-state index in [0.717, 1.165) is 44.9 Å². The zero-order valence-electron chi connectivity index (χ0n) is 17.1. The summed E-state index contributed by atoms with van der Waals surface area (Å²) in [6.07, 6.45) is 0. The summed E-state index contributed by atoms with van der Waals surface area (Å²) in [6.45, 7) is 0. The largest absolute Gasteiger partial charge is 0.497 e. The summed E-state index contributed by atoms with van der Waals surface area (Å²) in [5, 5.41) is 0. The van der Waals surface area contributed by atoms with Crippen LogP contribution < -0.4 is 9.47 Å². The molecule has 0 spiro atoms. The highest BCUT2D eigenvalue weighted by Crippen LogP contribution is 2.32. The van der Waals surface area contributed by atoms with Crippen molar-refractivity contribution in [2.45, 2.75) is 0 Å². The van der Waals surface area contributed by atoms with Gasteiger partial charge in [0.2, 0.25) is 0 Å². The zero-order chi connectivity index (χ0) is 20.8. The lowest BCUT2D eigenvalue weighted by Crippen LogP contribution is -1.91. The van der Waals surface area contributed by atoms with E-state index in [2.05, 4.69) is 66.4 Å². The van der Waals surface area contributed by atoms with E-state index in [9.17, 15) is 0 Å². The van der Waals surface area contributed by atoms with Gasteiger partial charge in [0.25, 0.3) is 0 Å². The van der Waals surface area contributed by atoms with Crippen LogP contribution in [0.2, 0.25) is 0 Å². The van der Waals surface area contributed by atoms with Gasteiger partial charge in [0.1, 0.15) is 11.5 Å². The molecule has 30 heavy (non-hydrogen) atoms. The molecule has 0 heterocycles. The molecule has 0 bridgehead atoms. The minimum Gasteiger partial charge on any atom is -0.497 e. The van der Waals surface area contributed by atoms with Crippen LogP contribution in [0.25, 0.3) is 22.3 Å². The molecule has 0 aliphatic carbocycles. The third-order valence-electron chi connectivity index (χ3n) is 4.97. The van der Waals surface area contributed by atoms with Crippen molar-refractivity contribution < 1.29 is 9.47 Å². The Balaban J connectivity index is 1.85. The van der Waals surface area contributed by atoms with Gasteiger partial charge >= 0.3 is 0 Å². The Labute approximate surface area is 177 Å². The lowest BCUT2D eigenvalue weighted by molar-refractivity contribution is 0.414. The van der Waals surface area contributed by atoms with Crippen molar-refractivity contribution in [3.8, 4) is 45.6 Å². The third-order valence-corrected chi connectivity index (χ3v) is 4.97. The molecule has 0 N–H and O–H groups in total. The summed E-state index contributed by atoms with van der Waals surface area (Å²) < 4.78 is 10.6. The van der Waals surface area contributed by atoms with E-state index in [1.54, 1.807) is 14.2 Å². The van der Waals surface area contributed by atoms with Gasteiger partial charge in [0, 0.05) is 11.1 Å². The third kappa shape index (κ3) is 4.21. The Morgan fingerprint density at radius 1 is 0.500 bits per heavy atom. The number of hydrogen-bond acceptors (Lipinski definition) is 2. The lowest BCUT2D eigenvalue weighted by Gasteiger charge is -2.12. The predicted octanol–water partition coefficient (Wildman–Crippen LogP) is 6.44. The first-order valence-electron chi connectivity index (χ1n) is 9.77. The van der Waals surface area contributed by atoms with E-state index in [0.29, 0.717) is 0 Å². The number of hydrogen-bond donors (Lipinski definition) is 0. The highest BCUT2D eigenvalue weighted by molar-refractivity contribution is 5.83. The van der Waals surface area contributed by atoms with E-state index >= 15 is 0 Å². The van der Waals surface area contributed by atoms with Crippen LogP contribution in [0.4, 0.5) is 0 Å². The van der Waals surface area contributed by atoms with Crippen LogP contribution in [0.3, 0.4) is 0 Å². The Kier molecular flexibility index (Phi) is 5.83. The molecule has 2 heteroatoms. The van der Waals surface area contributed by atoms with Gasteiger partial charge in [-0.3, -0.25) is 0 Å². The maximum absolute atomic E-state index is 5.31. The molecule has 0 saturated carbocycles. The molecular weight excluding hydrogens is 368 g/mol. The second-order valence-corrected chi connectivity index (χ2v) is 6.80. The summed E-state index contributed by atoms with van der Waals surface area (Å²) >= 11 is 0. The molecular formula is C28H22O2. The Bertz CT molecular complexity index is 1180. The normalized spacial score (nSPS) is 10.1. The highest BCUT2D eigenvalue weighted by Gasteiger charge is 2.10. The summed E-state index contributed by atoms with van der Waals surface area (Å²) in [5.74, 6) is 8.42. The van der Waals surface area contributed by atoms with E-state index in [1.807, 2.05) is 42.5 Å². The van der Waals surface area contributed by atoms with Gasteiger partial charge in [-0.1, -0.05) is 72.5 Å². The lowest BCUT2D eigenvalue weighted by atomic mass is 9.92. The maximum atomic E-state index is 5.31. The molecule has 0 unspecified atom stereocenters. The van der Waals surface area contributed by atoms with Crippen LogP contribution in [-0.4, -0.2) is 14.2 Å². The SMILES string of the molecule is COc1ccc(C#Cc2c(-c3ccccc3)cccc2-c2ccc(OC)cc2)cc1. The van der Waals surface area contributed by atoms with Gasteiger partial charge in [0.05, 0.1) is 14.2 Å². The second-order valence-electron chi connectivity index (χ2n) is 6.80. The second kappa shape index (κ2) is 9.03. The van der Waals surface area contributed by atoms with Gasteiger partial charge in [-0.2, -0.15) is 0 Å². The zero-order valence-corrected chi connectivity index (χ0v) is 17.1. The highest BCUT2D eigenvalue weighted by atomic mass is 16.5. The summed E-state index contributed by atoms with van der Waals surface area (Å²) in [5.41, 5.74) is 6.41. The van der Waals surface area contributed by atoms with Gasteiger partial charge < -0.3 is 9.47 Å². The maximum Gasteiger partial charge on any atom is 0.118 e. The van der Waals surface area contributed by atoms with Crippen molar-refractivity contribution in [1.82, 2.24) is 0 Å². The molecule has 146 valence electrons. The Morgan fingerprint density at radius 2 is 1.03 bits per heavy atom. The quantitative estimate of drug-likeness (QED) is 0.373. The van der Waals surface area contributed by atoms with Crippen molar-refractivity contribution in [3.05, 3.63) is 108 Å². The van der Waals surface area contributed by atoms with Crippen molar-refractivity contribution >= 4 is 0 Å². The predicted molar refractivity (Wildman–Crippen MR) is 123 cm³/mol. The fraction of sp³-hybridized carbons (Fsp3) is 0.0714. The van der Waals surface area contributed by atoms with Crippen LogP contribution in [0.15, 0.2) is 97.1 Å². The molecule has 0 saturated heterocycles. The minimum absolute atomic E-state index is 0.823. The fourth-order valence-electron chi connectivity index (χ4n) is 3.37. The molecule has 0 amide bonds. The van der Waals surface area contributed by atoms with E-state index in [1.165, 1.54) is 0 Å². The Hall–Kier alpha value is -3.96. The number of methoxy groups -OCH3 is 2. The van der Waals surface area contributed by atoms with Gasteiger partial charge in [-0.15, -0.1) is 0 Å². The molecule has 0 aliphatic heterocycles. The molecule has 4 rings (SSSR count). The number of ether oxygens (including phenoxy) is 2. The number of benzene rings is 4. The molecule has 0 aromatic heterocycles. The van der Waals surface area contributed by atoms with Crippen molar-refractivity contribution in [1.29, 1.82) is 0 Å². The molecule has 0 atom stereocenters. The monoisotopic (exact) mass is 390 g/mol. The first-order valence-corrected chi connectivity index (χ1v) is 9.77. The first-order chi connectivity index (χ1) is 14.8. The average molecular weight is 390 g/mol. The Morgan fingerprint density at radius 3 is 1.60 bits per heavy atom. The van der Waals surface area contributed by atoms with E-state index in [-0.39, 0.29) is 0 Å². The van der Waals surface area contributed by atoms with Crippen molar-refractivity contribution in [3.63, 3.8) is 0 Å². The average Bonchev–Trinajstić information content (AvgIpc) is 2.83. The summed E-state index contributed by atoms with van der Waals surface area (Å²) in [7, 11) is 3.34. The van der Waals surface area contributed by atoms with Gasteiger partial charge in [0.15, 0.2) is 0 Å². The van der Waals surface area contributed by atoms with Crippen LogP contribution in [0.1, 0.15) is 11.1 Å². The van der Waals surface area contributed by atoms with Crippen molar-refractivity contribution in [2.24, 2.45) is 0 Å². The van der Waals surface area contributed by atoms with Crippen LogP contribution in [0.5, 0.6) is 11.5 Å². The van der Waals surface area contributed by atoms with Crippen LogP contribution >= 0.6 is 0 Å². The van der Waals surface area contributed by atoms with Crippen LogP contribution in [0, 0.1) is 11.8 Å². The number of rotatable bonds is 4. The van der Waals surface area contributed by atoms with Crippen molar-refractivity contribution in [2.75, 3.05) is 14.2 Å². The minimum atomic E-state index is 0.823. The fourth-order valence-corrected chi connectivity index (χ4v) is 3.37. The molecule has 4 aromatic rings. The first kappa shape index (κ1) is 19.4. The van der Waals surface area contributed by atoms with Gasteiger partial charge in [-0.25, -0.2) is 0 Å². The smallest absolute Gasteiger partial charge is 0.118 e. The molecule has 0 aliphatic rings. The molecule has 0 fully saturated rings. The van der Waals surface area contributed by atoms with E-state index < -0.39 is 0 Å². The summed E-state index contributed by atoms with van der Waals surface area (Å²) in [6, 6.07) is 32.6. The molecule has 4 aromatic carbocycles. The van der Waals surface area contributed by atoms with E-state index in [4.69, 9.17) is 9.47 Å². The standard InChI is InChI=1S/C28H22O2/c1-29-24-16-11-21(12-17-24)13-20-28-26(22-7-4-3-5-8-22)9-6-10-27(28)23-14-18-25(30-2)19-15-23/h3-12,14-19H,1-2H3. The molecule has 0 radical (unpaired) electrons. The summed E-state index contributed by atoms with van der Waals surface area (Å²) in [4.78, 5) is 0.